The van der Waals surface area contributed by atoms with Crippen molar-refractivity contribution in [3.63, 3.8) is 0 Å². The summed E-state index contributed by atoms with van der Waals surface area (Å²) in [5.74, 6) is -0.732. The summed E-state index contributed by atoms with van der Waals surface area (Å²) in [6.45, 7) is 0.0329. The highest BCUT2D eigenvalue weighted by Gasteiger charge is 2.34. The molecule has 23 heavy (non-hydrogen) atoms. The molecule has 2 aromatic rings. The van der Waals surface area contributed by atoms with E-state index in [1.54, 1.807) is 24.3 Å². The van der Waals surface area contributed by atoms with Gasteiger partial charge in [0, 0.05) is 12.5 Å². The third kappa shape index (κ3) is 4.59. The number of halogens is 3. The van der Waals surface area contributed by atoms with Gasteiger partial charge in [-0.15, -0.1) is 0 Å². The number of ether oxygens (including phenoxy) is 1. The summed E-state index contributed by atoms with van der Waals surface area (Å²) in [5, 5.41) is 5.72. The van der Waals surface area contributed by atoms with Gasteiger partial charge in [0.15, 0.2) is 0 Å². The lowest BCUT2D eigenvalue weighted by Gasteiger charge is -2.26. The number of methoxy groups -OCH3 is 1. The highest BCUT2D eigenvalue weighted by molar-refractivity contribution is 6.68. The van der Waals surface area contributed by atoms with Gasteiger partial charge >= 0.3 is 5.63 Å². The van der Waals surface area contributed by atoms with Gasteiger partial charge < -0.3 is 14.5 Å². The first-order valence-electron chi connectivity index (χ1n) is 6.45. The molecule has 124 valence electrons. The summed E-state index contributed by atoms with van der Waals surface area (Å²) >= 11 is 17.4. The van der Waals surface area contributed by atoms with E-state index in [1.165, 1.54) is 13.2 Å². The summed E-state index contributed by atoms with van der Waals surface area (Å²) in [4.78, 5) is 24.2. The first kappa shape index (κ1) is 18.0. The summed E-state index contributed by atoms with van der Waals surface area (Å²) in [7, 11) is 1.43. The van der Waals surface area contributed by atoms with Crippen LogP contribution < -0.4 is 16.3 Å². The molecule has 6 nitrogen and oxygen atoms in total. The van der Waals surface area contributed by atoms with Crippen LogP contribution in [-0.2, 0) is 4.74 Å². The third-order valence-corrected chi connectivity index (χ3v) is 3.58. The van der Waals surface area contributed by atoms with Crippen molar-refractivity contribution in [3.8, 4) is 0 Å². The highest BCUT2D eigenvalue weighted by atomic mass is 35.6. The number of hydrogen-bond acceptors (Lipinski definition) is 5. The van der Waals surface area contributed by atoms with Crippen LogP contribution in [0.2, 0.25) is 0 Å². The second kappa shape index (κ2) is 7.51. The maximum atomic E-state index is 12.3. The lowest BCUT2D eigenvalue weighted by Crippen LogP contribution is -2.54. The monoisotopic (exact) mass is 378 g/mol. The van der Waals surface area contributed by atoms with Crippen LogP contribution in [0.5, 0.6) is 0 Å². The molecule has 9 heteroatoms. The topological polar surface area (TPSA) is 80.6 Å². The minimum absolute atomic E-state index is 0.0329. The molecular weight excluding hydrogens is 367 g/mol. The number of rotatable bonds is 5. The Morgan fingerprint density at radius 3 is 2.70 bits per heavy atom. The predicted octanol–water partition coefficient (Wildman–Crippen LogP) is 2.41. The van der Waals surface area contributed by atoms with E-state index in [0.717, 1.165) is 0 Å². The van der Waals surface area contributed by atoms with Crippen LogP contribution in [0.4, 0.5) is 0 Å². The smallest absolute Gasteiger partial charge is 0.349 e. The van der Waals surface area contributed by atoms with Crippen LogP contribution in [0.25, 0.3) is 11.0 Å². The van der Waals surface area contributed by atoms with E-state index < -0.39 is 21.5 Å². The number of carbonyl (C=O) groups excluding carboxylic acids is 1. The van der Waals surface area contributed by atoms with Gasteiger partial charge in [0.1, 0.15) is 17.3 Å². The summed E-state index contributed by atoms with van der Waals surface area (Å²) in [6.07, 6.45) is -1.06. The van der Waals surface area contributed by atoms with Crippen LogP contribution >= 0.6 is 34.8 Å². The lowest BCUT2D eigenvalue weighted by atomic mass is 10.2. The standard InChI is InChI=1S/C14H13Cl3N2O4/c1-22-7-18-13(14(15,16)17)19-11(20)9-6-8-4-2-3-5-10(8)23-12(9)21/h2-6,13,18H,7H2,1H3,(H,19,20). The maximum absolute atomic E-state index is 12.3. The van der Waals surface area contributed by atoms with Gasteiger partial charge in [0.25, 0.3) is 5.91 Å². The Kier molecular flexibility index (Phi) is 5.89. The number of para-hydroxylation sites is 1. The van der Waals surface area contributed by atoms with Crippen molar-refractivity contribution >= 4 is 51.7 Å². The van der Waals surface area contributed by atoms with E-state index in [4.69, 9.17) is 44.0 Å². The number of amides is 1. The molecular formula is C14H13Cl3N2O4. The molecule has 1 atom stereocenters. The van der Waals surface area contributed by atoms with Gasteiger partial charge in [0.2, 0.25) is 3.79 Å². The summed E-state index contributed by atoms with van der Waals surface area (Å²) in [5.41, 5.74) is -0.595. The minimum atomic E-state index is -1.84. The summed E-state index contributed by atoms with van der Waals surface area (Å²) in [6, 6.07) is 8.24. The van der Waals surface area contributed by atoms with Crippen molar-refractivity contribution in [2.24, 2.45) is 0 Å². The third-order valence-electron chi connectivity index (χ3n) is 2.92. The Bertz CT molecular complexity index is 758. The molecule has 0 fully saturated rings. The van der Waals surface area contributed by atoms with Gasteiger partial charge in [-0.1, -0.05) is 53.0 Å². The average molecular weight is 380 g/mol. The second-order valence-corrected chi connectivity index (χ2v) is 6.94. The molecule has 0 aliphatic rings. The molecule has 1 aromatic carbocycles. The number of fused-ring (bicyclic) bond motifs is 1. The van der Waals surface area contributed by atoms with Crippen molar-refractivity contribution in [2.75, 3.05) is 13.8 Å². The molecule has 1 aromatic heterocycles. The van der Waals surface area contributed by atoms with E-state index in [9.17, 15) is 9.59 Å². The van der Waals surface area contributed by atoms with Crippen LogP contribution in [0.15, 0.2) is 39.5 Å². The Hall–Kier alpha value is -1.31. The molecule has 0 aliphatic carbocycles. The first-order valence-corrected chi connectivity index (χ1v) is 7.59. The van der Waals surface area contributed by atoms with Crippen molar-refractivity contribution in [2.45, 2.75) is 9.96 Å². The lowest BCUT2D eigenvalue weighted by molar-refractivity contribution is 0.0904. The van der Waals surface area contributed by atoms with Crippen molar-refractivity contribution in [1.82, 2.24) is 10.6 Å². The number of benzene rings is 1. The molecule has 0 saturated heterocycles. The van der Waals surface area contributed by atoms with Gasteiger partial charge in [-0.05, 0) is 12.1 Å². The number of alkyl halides is 3. The van der Waals surface area contributed by atoms with E-state index in [0.29, 0.717) is 11.0 Å². The SMILES string of the molecule is COCNC(NC(=O)c1cc2ccccc2oc1=O)C(Cl)(Cl)Cl. The number of nitrogens with one attached hydrogen (secondary N) is 2. The quantitative estimate of drug-likeness (QED) is 0.474. The highest BCUT2D eigenvalue weighted by Crippen LogP contribution is 2.29. The molecule has 1 heterocycles. The molecule has 0 spiro atoms. The molecule has 1 amide bonds. The molecule has 0 aliphatic heterocycles. The van der Waals surface area contributed by atoms with Crippen LogP contribution in [0.1, 0.15) is 10.4 Å². The largest absolute Gasteiger partial charge is 0.422 e. The molecule has 2 N–H and O–H groups in total. The van der Waals surface area contributed by atoms with Crippen LogP contribution in [0, 0.1) is 0 Å². The Morgan fingerprint density at radius 1 is 1.35 bits per heavy atom. The van der Waals surface area contributed by atoms with E-state index >= 15 is 0 Å². The molecule has 2 rings (SSSR count). The van der Waals surface area contributed by atoms with Crippen molar-refractivity contribution in [3.05, 3.63) is 46.3 Å². The molecule has 1 unspecified atom stereocenters. The zero-order valence-corrected chi connectivity index (χ0v) is 14.2. The Balaban J connectivity index is 2.28. The molecule has 0 saturated carbocycles. The molecule has 0 bridgehead atoms. The van der Waals surface area contributed by atoms with Gasteiger partial charge in [-0.3, -0.25) is 10.1 Å². The predicted molar refractivity (Wildman–Crippen MR) is 89.0 cm³/mol. The molecule has 0 radical (unpaired) electrons. The van der Waals surface area contributed by atoms with Gasteiger partial charge in [-0.25, -0.2) is 4.79 Å². The van der Waals surface area contributed by atoms with E-state index in [-0.39, 0.29) is 12.3 Å². The van der Waals surface area contributed by atoms with Crippen molar-refractivity contribution in [1.29, 1.82) is 0 Å². The van der Waals surface area contributed by atoms with E-state index in [2.05, 4.69) is 10.6 Å². The fourth-order valence-corrected chi connectivity index (χ4v) is 2.24. The Morgan fingerprint density at radius 2 is 2.04 bits per heavy atom. The zero-order valence-electron chi connectivity index (χ0n) is 11.9. The van der Waals surface area contributed by atoms with Crippen LogP contribution in [0.3, 0.4) is 0 Å². The number of hydrogen-bond donors (Lipinski definition) is 2. The first-order chi connectivity index (χ1) is 10.8. The Labute approximate surface area is 146 Å². The fraction of sp³-hybridized carbons (Fsp3) is 0.286. The van der Waals surface area contributed by atoms with E-state index in [1.807, 2.05) is 0 Å². The fourth-order valence-electron chi connectivity index (χ4n) is 1.84. The van der Waals surface area contributed by atoms with Gasteiger partial charge in [-0.2, -0.15) is 0 Å². The van der Waals surface area contributed by atoms with Gasteiger partial charge in [0.05, 0.1) is 6.73 Å². The number of carbonyl (C=O) groups is 1. The van der Waals surface area contributed by atoms with Crippen LogP contribution in [-0.4, -0.2) is 29.7 Å². The maximum Gasteiger partial charge on any atom is 0.349 e. The zero-order chi connectivity index (χ0) is 17.0. The normalized spacial score (nSPS) is 13.0. The average Bonchev–Trinajstić information content (AvgIpc) is 2.49. The minimum Gasteiger partial charge on any atom is -0.422 e. The van der Waals surface area contributed by atoms with Crippen molar-refractivity contribution < 1.29 is 13.9 Å². The second-order valence-electron chi connectivity index (χ2n) is 4.57. The summed E-state index contributed by atoms with van der Waals surface area (Å²) < 4.78 is 8.08.